The van der Waals surface area contributed by atoms with Gasteiger partial charge in [0.05, 0.1) is 0 Å². The molecule has 0 aromatic carbocycles. The number of rotatable bonds is 11. The van der Waals surface area contributed by atoms with Crippen LogP contribution in [0.15, 0.2) is 0 Å². The molecule has 6 heteroatoms. The first-order chi connectivity index (χ1) is 8.76. The van der Waals surface area contributed by atoms with E-state index in [4.69, 9.17) is 29.5 Å². The van der Waals surface area contributed by atoms with Crippen LogP contribution in [-0.4, -0.2) is 61.9 Å². The molecule has 0 amide bonds. The summed E-state index contributed by atoms with van der Waals surface area (Å²) >= 11 is 0. The molecule has 0 atom stereocenters. The third-order valence-corrected chi connectivity index (χ3v) is 2.03. The van der Waals surface area contributed by atoms with Crippen molar-refractivity contribution >= 4 is 0 Å². The molecule has 0 aromatic heterocycles. The lowest BCUT2D eigenvalue weighted by Gasteiger charge is -2.07. The van der Waals surface area contributed by atoms with Crippen LogP contribution >= 0.6 is 0 Å². The molecule has 0 bridgehead atoms. The van der Waals surface area contributed by atoms with E-state index in [1.165, 1.54) is 0 Å². The van der Waals surface area contributed by atoms with Gasteiger partial charge in [-0.25, -0.2) is 0 Å². The lowest BCUT2D eigenvalue weighted by atomic mass is 10.1. The summed E-state index contributed by atoms with van der Waals surface area (Å²) in [4.78, 5) is 0. The van der Waals surface area contributed by atoms with Gasteiger partial charge in [-0.3, -0.25) is 0 Å². The van der Waals surface area contributed by atoms with Crippen LogP contribution in [0.3, 0.4) is 0 Å². The summed E-state index contributed by atoms with van der Waals surface area (Å²) in [7, 11) is 0. The van der Waals surface area contributed by atoms with Gasteiger partial charge in [-0.15, -0.1) is 0 Å². The largest absolute Gasteiger partial charge is 0.396 e. The Kier molecular flexibility index (Phi) is 21.3. The molecule has 0 rings (SSSR count). The van der Waals surface area contributed by atoms with Gasteiger partial charge in [0.2, 0.25) is 0 Å². The maximum absolute atomic E-state index is 8.51. The maximum Gasteiger partial charge on any atom is 0.149 e. The second-order valence-electron chi connectivity index (χ2n) is 3.52. The van der Waals surface area contributed by atoms with Crippen molar-refractivity contribution in [1.29, 1.82) is 0 Å². The second kappa shape index (κ2) is 19.1. The van der Waals surface area contributed by atoms with Crippen LogP contribution < -0.4 is 0 Å². The van der Waals surface area contributed by atoms with Gasteiger partial charge in [0.25, 0.3) is 0 Å². The van der Waals surface area contributed by atoms with Crippen LogP contribution in [0.4, 0.5) is 0 Å². The Labute approximate surface area is 109 Å². The summed E-state index contributed by atoms with van der Waals surface area (Å²) in [6.07, 6.45) is 1.36. The minimum Gasteiger partial charge on any atom is -0.396 e. The molecule has 3 N–H and O–H groups in total. The Morgan fingerprint density at radius 2 is 1.33 bits per heavy atom. The molecule has 0 aliphatic heterocycles. The minimum absolute atomic E-state index is 0.0104. The fourth-order valence-electron chi connectivity index (χ4n) is 0.939. The highest BCUT2D eigenvalue weighted by atomic mass is 16.7. The summed E-state index contributed by atoms with van der Waals surface area (Å²) in [6.45, 7) is 6.03. The average Bonchev–Trinajstić information content (AvgIpc) is 2.41. The van der Waals surface area contributed by atoms with Crippen molar-refractivity contribution in [2.24, 2.45) is 5.92 Å². The molecular formula is C12H28O6. The van der Waals surface area contributed by atoms with Crippen LogP contribution in [0, 0.1) is 5.92 Å². The molecule has 18 heavy (non-hydrogen) atoms. The molecule has 112 valence electrons. The van der Waals surface area contributed by atoms with Gasteiger partial charge in [-0.2, -0.15) is 0 Å². The Bertz CT molecular complexity index is 124. The summed E-state index contributed by atoms with van der Waals surface area (Å²) in [5.41, 5.74) is 0. The Morgan fingerprint density at radius 1 is 0.833 bits per heavy atom. The van der Waals surface area contributed by atoms with Crippen molar-refractivity contribution in [3.63, 3.8) is 0 Å². The summed E-state index contributed by atoms with van der Waals surface area (Å²) in [5, 5.41) is 25.4. The first kappa shape index (κ1) is 20.1. The van der Waals surface area contributed by atoms with E-state index in [0.29, 0.717) is 39.6 Å². The van der Waals surface area contributed by atoms with E-state index in [2.05, 4.69) is 0 Å². The third-order valence-electron chi connectivity index (χ3n) is 2.03. The molecule has 0 radical (unpaired) electrons. The van der Waals surface area contributed by atoms with Crippen LogP contribution in [0.25, 0.3) is 0 Å². The molecule has 0 fully saturated rings. The van der Waals surface area contributed by atoms with Gasteiger partial charge >= 0.3 is 0 Å². The molecule has 0 heterocycles. The molecule has 0 aliphatic carbocycles. The van der Waals surface area contributed by atoms with Crippen molar-refractivity contribution in [2.45, 2.75) is 26.7 Å². The van der Waals surface area contributed by atoms with E-state index in [-0.39, 0.29) is 25.7 Å². The van der Waals surface area contributed by atoms with Crippen LogP contribution in [0.1, 0.15) is 26.7 Å². The topological polar surface area (TPSA) is 88.4 Å². The number of hydrogen-bond acceptors (Lipinski definition) is 6. The molecule has 0 spiro atoms. The molecular weight excluding hydrogens is 240 g/mol. The van der Waals surface area contributed by atoms with E-state index in [1.54, 1.807) is 0 Å². The first-order valence-corrected chi connectivity index (χ1v) is 6.32. The lowest BCUT2D eigenvalue weighted by Crippen LogP contribution is -2.11. The zero-order valence-electron chi connectivity index (χ0n) is 11.5. The van der Waals surface area contributed by atoms with Crippen molar-refractivity contribution < 1.29 is 29.5 Å². The van der Waals surface area contributed by atoms with Crippen molar-refractivity contribution in [3.8, 4) is 0 Å². The zero-order chi connectivity index (χ0) is 14.1. The first-order valence-electron chi connectivity index (χ1n) is 6.32. The fourth-order valence-corrected chi connectivity index (χ4v) is 0.939. The Morgan fingerprint density at radius 3 is 1.67 bits per heavy atom. The SMILES string of the molecule is CCOCOCOCC.OCCCC(CO)CO. The number of hydrogen-bond donors (Lipinski definition) is 3. The van der Waals surface area contributed by atoms with Crippen molar-refractivity contribution in [1.82, 2.24) is 0 Å². The summed E-state index contributed by atoms with van der Waals surface area (Å²) in [6, 6.07) is 0. The van der Waals surface area contributed by atoms with Gasteiger partial charge in [0.1, 0.15) is 13.6 Å². The Balaban J connectivity index is 0. The van der Waals surface area contributed by atoms with Gasteiger partial charge in [0, 0.05) is 39.0 Å². The highest BCUT2D eigenvalue weighted by molar-refractivity contribution is 4.53. The van der Waals surface area contributed by atoms with Crippen molar-refractivity contribution in [2.75, 3.05) is 46.6 Å². The smallest absolute Gasteiger partial charge is 0.149 e. The standard InChI is InChI=1S/2C6H14O3/c1-3-7-5-9-6-8-4-2;7-3-1-2-6(4-8)5-9/h3-6H2,1-2H3;6-9H,1-5H2. The fraction of sp³-hybridized carbons (Fsp3) is 1.00. The summed E-state index contributed by atoms with van der Waals surface area (Å²) in [5.74, 6) is -0.0443. The average molecular weight is 268 g/mol. The number of aliphatic hydroxyl groups is 3. The summed E-state index contributed by atoms with van der Waals surface area (Å²) < 4.78 is 14.6. The number of aliphatic hydroxyl groups excluding tert-OH is 3. The predicted octanol–water partition coefficient (Wildman–Crippen LogP) is 0.351. The highest BCUT2D eigenvalue weighted by Crippen LogP contribution is 2.02. The zero-order valence-corrected chi connectivity index (χ0v) is 11.5. The quantitative estimate of drug-likeness (QED) is 0.370. The van der Waals surface area contributed by atoms with Gasteiger partial charge < -0.3 is 29.5 Å². The maximum atomic E-state index is 8.51. The third kappa shape index (κ3) is 18.1. The monoisotopic (exact) mass is 268 g/mol. The van der Waals surface area contributed by atoms with E-state index < -0.39 is 0 Å². The van der Waals surface area contributed by atoms with Crippen LogP contribution in [-0.2, 0) is 14.2 Å². The minimum atomic E-state index is -0.0443. The molecule has 0 saturated heterocycles. The molecule has 0 unspecified atom stereocenters. The van der Waals surface area contributed by atoms with E-state index in [0.717, 1.165) is 0 Å². The van der Waals surface area contributed by atoms with Gasteiger partial charge in [-0.1, -0.05) is 0 Å². The van der Waals surface area contributed by atoms with E-state index in [9.17, 15) is 0 Å². The van der Waals surface area contributed by atoms with Gasteiger partial charge in [-0.05, 0) is 26.7 Å². The number of ether oxygens (including phenoxy) is 3. The Hall–Kier alpha value is -0.240. The normalized spacial score (nSPS) is 10.3. The van der Waals surface area contributed by atoms with Gasteiger partial charge in [0.15, 0.2) is 0 Å². The van der Waals surface area contributed by atoms with Crippen molar-refractivity contribution in [3.05, 3.63) is 0 Å². The van der Waals surface area contributed by atoms with E-state index >= 15 is 0 Å². The lowest BCUT2D eigenvalue weighted by molar-refractivity contribution is -0.126. The second-order valence-corrected chi connectivity index (χ2v) is 3.52. The molecule has 0 saturated carbocycles. The van der Waals surface area contributed by atoms with Crippen LogP contribution in [0.2, 0.25) is 0 Å². The molecule has 0 aliphatic rings. The predicted molar refractivity (Wildman–Crippen MR) is 68.1 cm³/mol. The molecule has 0 aromatic rings. The highest BCUT2D eigenvalue weighted by Gasteiger charge is 2.03. The molecule has 6 nitrogen and oxygen atoms in total. The van der Waals surface area contributed by atoms with E-state index in [1.807, 2.05) is 13.8 Å². The van der Waals surface area contributed by atoms with Crippen LogP contribution in [0.5, 0.6) is 0 Å².